The van der Waals surface area contributed by atoms with Crippen LogP contribution in [0.5, 0.6) is 5.75 Å². The predicted molar refractivity (Wildman–Crippen MR) is 123 cm³/mol. The zero-order valence-electron chi connectivity index (χ0n) is 17.0. The lowest BCUT2D eigenvalue weighted by Crippen LogP contribution is -2.14. The number of H-pyrrole nitrogens is 1. The molecule has 0 saturated carbocycles. The van der Waals surface area contributed by atoms with Gasteiger partial charge in [0.25, 0.3) is 0 Å². The van der Waals surface area contributed by atoms with Crippen molar-refractivity contribution in [2.75, 3.05) is 17.7 Å². The second kappa shape index (κ2) is 9.63. The lowest BCUT2D eigenvalue weighted by Gasteiger charge is -2.11. The molecule has 6 heteroatoms. The van der Waals surface area contributed by atoms with Crippen LogP contribution >= 0.6 is 0 Å². The molecule has 0 radical (unpaired) electrons. The predicted octanol–water partition coefficient (Wildman–Crippen LogP) is 4.46. The maximum absolute atomic E-state index is 12.3. The molecule has 156 valence electrons. The number of nitrogens with one attached hydrogen (secondary N) is 2. The van der Waals surface area contributed by atoms with Crippen LogP contribution in [0.25, 0.3) is 11.3 Å². The fourth-order valence-corrected chi connectivity index (χ4v) is 3.35. The number of nitrogens with zero attached hydrogens (tertiary/aromatic N) is 1. The number of anilines is 2. The highest BCUT2D eigenvalue weighted by Gasteiger charge is 2.08. The molecule has 0 bridgehead atoms. The Morgan fingerprint density at radius 1 is 1.00 bits per heavy atom. The Balaban J connectivity index is 1.29. The van der Waals surface area contributed by atoms with E-state index in [-0.39, 0.29) is 12.3 Å². The van der Waals surface area contributed by atoms with Crippen LogP contribution in [-0.2, 0) is 17.6 Å². The topological polar surface area (TPSA) is 93.0 Å². The van der Waals surface area contributed by atoms with Crippen LogP contribution in [0.2, 0.25) is 0 Å². The third-order valence-corrected chi connectivity index (χ3v) is 4.88. The lowest BCUT2D eigenvalue weighted by molar-refractivity contribution is -0.115. The minimum atomic E-state index is -0.0721. The Kier molecular flexibility index (Phi) is 6.28. The molecule has 0 saturated heterocycles. The first-order valence-corrected chi connectivity index (χ1v) is 10.1. The molecule has 0 aliphatic carbocycles. The van der Waals surface area contributed by atoms with Gasteiger partial charge < -0.3 is 20.8 Å². The Bertz CT molecular complexity index is 1140. The molecule has 1 amide bonds. The molecule has 1 heterocycles. The molecular formula is C25H24N4O2. The van der Waals surface area contributed by atoms with Crippen LogP contribution in [0.3, 0.4) is 0 Å². The van der Waals surface area contributed by atoms with Gasteiger partial charge in [0.2, 0.25) is 5.91 Å². The fraction of sp³-hybridized carbons (Fsp3) is 0.120. The first-order valence-electron chi connectivity index (χ1n) is 10.1. The van der Waals surface area contributed by atoms with E-state index in [1.54, 1.807) is 18.6 Å². The molecule has 0 aliphatic heterocycles. The van der Waals surface area contributed by atoms with Crippen molar-refractivity contribution in [3.05, 3.63) is 96.4 Å². The van der Waals surface area contributed by atoms with Crippen molar-refractivity contribution in [3.8, 4) is 17.0 Å². The number of aromatic nitrogens is 2. The third-order valence-electron chi connectivity index (χ3n) is 4.88. The summed E-state index contributed by atoms with van der Waals surface area (Å²) in [5.41, 5.74) is 11.1. The zero-order valence-corrected chi connectivity index (χ0v) is 17.0. The summed E-state index contributed by atoms with van der Waals surface area (Å²) in [4.78, 5) is 19.4. The number of carbonyl (C=O) groups is 1. The van der Waals surface area contributed by atoms with Gasteiger partial charge in [0, 0.05) is 23.4 Å². The van der Waals surface area contributed by atoms with Crippen LogP contribution in [0, 0.1) is 0 Å². The monoisotopic (exact) mass is 412 g/mol. The van der Waals surface area contributed by atoms with Crippen molar-refractivity contribution >= 4 is 17.3 Å². The Morgan fingerprint density at radius 2 is 1.84 bits per heavy atom. The number of nitrogen functional groups attached to an aromatic ring is 1. The highest BCUT2D eigenvalue weighted by atomic mass is 16.5. The van der Waals surface area contributed by atoms with Crippen LogP contribution in [0.4, 0.5) is 11.4 Å². The van der Waals surface area contributed by atoms with Crippen LogP contribution in [-0.4, -0.2) is 22.5 Å². The Labute approximate surface area is 181 Å². The van der Waals surface area contributed by atoms with Crippen molar-refractivity contribution in [1.82, 2.24) is 9.97 Å². The molecule has 0 spiro atoms. The summed E-state index contributed by atoms with van der Waals surface area (Å²) < 4.78 is 6.01. The summed E-state index contributed by atoms with van der Waals surface area (Å²) in [7, 11) is 0. The summed E-state index contributed by atoms with van der Waals surface area (Å²) in [6.45, 7) is 0.548. The van der Waals surface area contributed by atoms with Crippen molar-refractivity contribution in [1.29, 1.82) is 0 Å². The molecule has 3 aromatic carbocycles. The van der Waals surface area contributed by atoms with E-state index in [9.17, 15) is 4.79 Å². The molecule has 0 aliphatic rings. The van der Waals surface area contributed by atoms with Gasteiger partial charge in [-0.25, -0.2) is 4.98 Å². The molecule has 4 aromatic rings. The molecule has 4 N–H and O–H groups in total. The summed E-state index contributed by atoms with van der Waals surface area (Å²) in [6, 6.07) is 23.1. The molecule has 31 heavy (non-hydrogen) atoms. The number of hydrogen-bond acceptors (Lipinski definition) is 4. The number of aromatic amines is 1. The molecule has 6 nitrogen and oxygen atoms in total. The summed E-state index contributed by atoms with van der Waals surface area (Å²) in [6.07, 6.45) is 4.48. The number of nitrogens with two attached hydrogens (primary N) is 1. The van der Waals surface area contributed by atoms with Gasteiger partial charge in [0.1, 0.15) is 5.75 Å². The van der Waals surface area contributed by atoms with Gasteiger partial charge in [-0.2, -0.15) is 0 Å². The largest absolute Gasteiger partial charge is 0.493 e. The number of para-hydroxylation sites is 1. The second-order valence-electron chi connectivity index (χ2n) is 7.23. The number of imidazole rings is 1. The third kappa shape index (κ3) is 5.51. The minimum absolute atomic E-state index is 0.0721. The van der Waals surface area contributed by atoms with Gasteiger partial charge >= 0.3 is 0 Å². The van der Waals surface area contributed by atoms with E-state index in [4.69, 9.17) is 10.5 Å². The average molecular weight is 412 g/mol. The molecule has 0 atom stereocenters. The van der Waals surface area contributed by atoms with E-state index < -0.39 is 0 Å². The summed E-state index contributed by atoms with van der Waals surface area (Å²) in [5.74, 6) is 0.745. The fourth-order valence-electron chi connectivity index (χ4n) is 3.35. The Hall–Kier alpha value is -4.06. The Morgan fingerprint density at radius 3 is 2.61 bits per heavy atom. The summed E-state index contributed by atoms with van der Waals surface area (Å²) >= 11 is 0. The summed E-state index contributed by atoms with van der Waals surface area (Å²) in [5, 5.41) is 2.92. The van der Waals surface area contributed by atoms with Crippen LogP contribution in [0.15, 0.2) is 85.3 Å². The van der Waals surface area contributed by atoms with E-state index in [1.165, 1.54) is 0 Å². The lowest BCUT2D eigenvalue weighted by atomic mass is 10.1. The first kappa shape index (κ1) is 20.2. The highest BCUT2D eigenvalue weighted by Crippen LogP contribution is 2.28. The van der Waals surface area contributed by atoms with Crippen molar-refractivity contribution in [3.63, 3.8) is 0 Å². The molecular weight excluding hydrogens is 388 g/mol. The quantitative estimate of drug-likeness (QED) is 0.373. The van der Waals surface area contributed by atoms with E-state index in [0.717, 1.165) is 40.2 Å². The van der Waals surface area contributed by atoms with Gasteiger partial charge in [0.15, 0.2) is 0 Å². The van der Waals surface area contributed by atoms with E-state index in [0.29, 0.717) is 12.3 Å². The second-order valence-corrected chi connectivity index (χ2v) is 7.23. The highest BCUT2D eigenvalue weighted by molar-refractivity contribution is 5.92. The van der Waals surface area contributed by atoms with Crippen molar-refractivity contribution < 1.29 is 9.53 Å². The van der Waals surface area contributed by atoms with E-state index in [1.807, 2.05) is 66.7 Å². The molecule has 0 unspecified atom stereocenters. The number of amides is 1. The van der Waals surface area contributed by atoms with Gasteiger partial charge in [-0.1, -0.05) is 36.4 Å². The number of carbonyl (C=O) groups excluding carboxylic acids is 1. The van der Waals surface area contributed by atoms with Gasteiger partial charge in [0.05, 0.1) is 31.2 Å². The number of ether oxygens (including phenoxy) is 1. The van der Waals surface area contributed by atoms with E-state index >= 15 is 0 Å². The standard InChI is InChI=1S/C25H24N4O2/c26-20-5-3-4-19(14-20)15-25(30)29-21-10-8-18(9-11-21)12-13-31-24-7-2-1-6-22(24)23-16-27-17-28-23/h1-11,14,16-17H,12-13,15,26H2,(H,27,28)(H,29,30). The number of benzene rings is 3. The maximum atomic E-state index is 12.3. The molecule has 0 fully saturated rings. The van der Waals surface area contributed by atoms with Crippen molar-refractivity contribution in [2.24, 2.45) is 0 Å². The average Bonchev–Trinajstić information content (AvgIpc) is 3.30. The van der Waals surface area contributed by atoms with Crippen LogP contribution in [0.1, 0.15) is 11.1 Å². The SMILES string of the molecule is Nc1cccc(CC(=O)Nc2ccc(CCOc3ccccc3-c3cnc[nH]3)cc2)c1. The zero-order chi connectivity index (χ0) is 21.5. The minimum Gasteiger partial charge on any atom is -0.493 e. The van der Waals surface area contributed by atoms with E-state index in [2.05, 4.69) is 15.3 Å². The molecule has 4 rings (SSSR count). The van der Waals surface area contributed by atoms with Crippen LogP contribution < -0.4 is 15.8 Å². The normalized spacial score (nSPS) is 10.6. The molecule has 1 aromatic heterocycles. The van der Waals surface area contributed by atoms with Gasteiger partial charge in [-0.3, -0.25) is 4.79 Å². The van der Waals surface area contributed by atoms with Gasteiger partial charge in [-0.05, 0) is 47.5 Å². The van der Waals surface area contributed by atoms with Crippen molar-refractivity contribution in [2.45, 2.75) is 12.8 Å². The van der Waals surface area contributed by atoms with Gasteiger partial charge in [-0.15, -0.1) is 0 Å². The number of rotatable bonds is 8. The smallest absolute Gasteiger partial charge is 0.228 e. The first-order chi connectivity index (χ1) is 15.2. The maximum Gasteiger partial charge on any atom is 0.228 e. The number of hydrogen-bond donors (Lipinski definition) is 3.